The van der Waals surface area contributed by atoms with E-state index in [0.717, 1.165) is 18.4 Å². The Morgan fingerprint density at radius 1 is 1.15 bits per heavy atom. The van der Waals surface area contributed by atoms with Gasteiger partial charge in [0.2, 0.25) is 0 Å². The Balaban J connectivity index is 0.00000158. The molecule has 3 nitrogen and oxygen atoms in total. The molecule has 162 valence electrons. The minimum absolute atomic E-state index is 0.415. The van der Waals surface area contributed by atoms with E-state index < -0.39 is 0 Å². The SMILES string of the molecule is C=C(C)N1C(C)CC(NSC)C1COC1CCC(C(C)C)CC1.CC.CC. The Hall–Kier alpha value is -0.190. The topological polar surface area (TPSA) is 24.5 Å². The summed E-state index contributed by atoms with van der Waals surface area (Å²) in [5.74, 6) is 1.72. The second-order valence-corrected chi connectivity index (χ2v) is 8.48. The Labute approximate surface area is 175 Å². The van der Waals surface area contributed by atoms with Gasteiger partial charge in [0.25, 0.3) is 0 Å². The lowest BCUT2D eigenvalue weighted by Gasteiger charge is -2.35. The van der Waals surface area contributed by atoms with Crippen molar-refractivity contribution in [1.82, 2.24) is 9.62 Å². The summed E-state index contributed by atoms with van der Waals surface area (Å²) in [6.07, 6.45) is 8.88. The molecule has 1 saturated heterocycles. The normalized spacial score (nSPS) is 30.3. The van der Waals surface area contributed by atoms with Gasteiger partial charge in [-0.15, -0.1) is 0 Å². The van der Waals surface area contributed by atoms with Crippen molar-refractivity contribution in [3.63, 3.8) is 0 Å². The highest BCUT2D eigenvalue weighted by Gasteiger charge is 2.39. The predicted octanol–water partition coefficient (Wildman–Crippen LogP) is 6.50. The molecular weight excluding hydrogens is 352 g/mol. The highest BCUT2D eigenvalue weighted by molar-refractivity contribution is 7.96. The molecule has 1 N–H and O–H groups in total. The number of rotatable bonds is 7. The molecule has 0 radical (unpaired) electrons. The van der Waals surface area contributed by atoms with E-state index in [9.17, 15) is 0 Å². The Morgan fingerprint density at radius 2 is 1.70 bits per heavy atom. The maximum Gasteiger partial charge on any atom is 0.0689 e. The van der Waals surface area contributed by atoms with Crippen LogP contribution in [0.2, 0.25) is 0 Å². The molecule has 1 aliphatic carbocycles. The van der Waals surface area contributed by atoms with Gasteiger partial charge in [0.05, 0.1) is 18.8 Å². The average molecular weight is 401 g/mol. The molecule has 2 fully saturated rings. The molecule has 27 heavy (non-hydrogen) atoms. The van der Waals surface area contributed by atoms with Gasteiger partial charge in [-0.2, -0.15) is 0 Å². The van der Waals surface area contributed by atoms with Gasteiger partial charge in [-0.05, 0) is 64.0 Å². The second kappa shape index (κ2) is 14.8. The second-order valence-electron chi connectivity index (χ2n) is 7.84. The lowest BCUT2D eigenvalue weighted by atomic mass is 9.80. The van der Waals surface area contributed by atoms with Gasteiger partial charge in [-0.1, -0.05) is 60.1 Å². The van der Waals surface area contributed by atoms with Gasteiger partial charge >= 0.3 is 0 Å². The molecule has 1 aliphatic heterocycles. The molecule has 3 atom stereocenters. The molecule has 0 amide bonds. The summed E-state index contributed by atoms with van der Waals surface area (Å²) < 4.78 is 9.94. The van der Waals surface area contributed by atoms with Crippen molar-refractivity contribution in [2.45, 2.75) is 112 Å². The van der Waals surface area contributed by atoms with E-state index >= 15 is 0 Å². The maximum atomic E-state index is 6.37. The van der Waals surface area contributed by atoms with Crippen LogP contribution in [0.5, 0.6) is 0 Å². The summed E-state index contributed by atoms with van der Waals surface area (Å²) in [7, 11) is 0. The Morgan fingerprint density at radius 3 is 2.15 bits per heavy atom. The van der Waals surface area contributed by atoms with Crippen molar-refractivity contribution in [3.8, 4) is 0 Å². The molecule has 3 unspecified atom stereocenters. The van der Waals surface area contributed by atoms with Crippen molar-refractivity contribution < 1.29 is 4.74 Å². The van der Waals surface area contributed by atoms with Crippen LogP contribution in [0.4, 0.5) is 0 Å². The molecule has 2 aliphatic rings. The molecule has 0 aromatic rings. The van der Waals surface area contributed by atoms with Gasteiger partial charge in [0.15, 0.2) is 0 Å². The van der Waals surface area contributed by atoms with Crippen LogP contribution in [0.1, 0.15) is 87.5 Å². The summed E-state index contributed by atoms with van der Waals surface area (Å²) >= 11 is 1.72. The predicted molar refractivity (Wildman–Crippen MR) is 124 cm³/mol. The fourth-order valence-corrected chi connectivity index (χ4v) is 5.01. The van der Waals surface area contributed by atoms with E-state index in [2.05, 4.69) is 50.2 Å². The summed E-state index contributed by atoms with van der Waals surface area (Å²) in [6, 6.07) is 1.45. The van der Waals surface area contributed by atoms with Crippen LogP contribution in [0.15, 0.2) is 12.3 Å². The van der Waals surface area contributed by atoms with E-state index in [0.29, 0.717) is 24.2 Å². The number of likely N-dealkylation sites (tertiary alicyclic amines) is 1. The van der Waals surface area contributed by atoms with E-state index in [1.165, 1.54) is 37.8 Å². The van der Waals surface area contributed by atoms with Crippen LogP contribution in [0, 0.1) is 11.8 Å². The van der Waals surface area contributed by atoms with Crippen molar-refractivity contribution in [2.75, 3.05) is 12.9 Å². The summed E-state index contributed by atoms with van der Waals surface area (Å²) in [4.78, 5) is 2.47. The first-order valence-corrected chi connectivity index (χ1v) is 12.5. The van der Waals surface area contributed by atoms with Crippen LogP contribution in [-0.2, 0) is 4.74 Å². The lowest BCUT2D eigenvalue weighted by Crippen LogP contribution is -2.44. The molecule has 0 aromatic heterocycles. The third kappa shape index (κ3) is 8.37. The van der Waals surface area contributed by atoms with Crippen LogP contribution in [0.3, 0.4) is 0 Å². The van der Waals surface area contributed by atoms with Crippen molar-refractivity contribution in [3.05, 3.63) is 12.3 Å². The number of allylic oxidation sites excluding steroid dienone is 1. The largest absolute Gasteiger partial charge is 0.376 e. The Bertz CT molecular complexity index is 381. The van der Waals surface area contributed by atoms with Gasteiger partial charge in [-0.25, -0.2) is 0 Å². The molecule has 0 spiro atoms. The molecule has 0 bridgehead atoms. The molecule has 0 aromatic carbocycles. The van der Waals surface area contributed by atoms with Gasteiger partial charge in [0.1, 0.15) is 0 Å². The number of ether oxygens (including phenoxy) is 1. The van der Waals surface area contributed by atoms with Crippen molar-refractivity contribution in [2.24, 2.45) is 11.8 Å². The lowest BCUT2D eigenvalue weighted by molar-refractivity contribution is -0.0121. The molecule has 2 rings (SSSR count). The molecule has 4 heteroatoms. The van der Waals surface area contributed by atoms with E-state index in [-0.39, 0.29) is 0 Å². The number of hydrogen-bond acceptors (Lipinski definition) is 4. The van der Waals surface area contributed by atoms with Crippen LogP contribution in [0.25, 0.3) is 0 Å². The highest BCUT2D eigenvalue weighted by atomic mass is 32.2. The number of hydrogen-bond donors (Lipinski definition) is 1. The monoisotopic (exact) mass is 400 g/mol. The van der Waals surface area contributed by atoms with Gasteiger partial charge in [0, 0.05) is 17.8 Å². The third-order valence-electron chi connectivity index (χ3n) is 5.77. The van der Waals surface area contributed by atoms with Gasteiger partial charge in [-0.3, -0.25) is 4.72 Å². The molecular formula is C23H48N2OS. The quantitative estimate of drug-likeness (QED) is 0.493. The smallest absolute Gasteiger partial charge is 0.0689 e. The zero-order valence-corrected chi connectivity index (χ0v) is 20.5. The average Bonchev–Trinajstić information content (AvgIpc) is 2.99. The number of nitrogens with one attached hydrogen (secondary N) is 1. The van der Waals surface area contributed by atoms with Crippen LogP contribution < -0.4 is 4.72 Å². The summed E-state index contributed by atoms with van der Waals surface area (Å²) in [6.45, 7) is 22.2. The zero-order chi connectivity index (χ0) is 21.0. The molecule has 1 heterocycles. The van der Waals surface area contributed by atoms with E-state index in [4.69, 9.17) is 4.74 Å². The van der Waals surface area contributed by atoms with E-state index in [1.807, 2.05) is 27.7 Å². The fourth-order valence-electron chi connectivity index (χ4n) is 4.45. The van der Waals surface area contributed by atoms with Crippen molar-refractivity contribution >= 4 is 11.9 Å². The summed E-state index contributed by atoms with van der Waals surface area (Å²) in [5.41, 5.74) is 1.17. The Kier molecular flexibility index (Phi) is 14.7. The zero-order valence-electron chi connectivity index (χ0n) is 19.7. The minimum Gasteiger partial charge on any atom is -0.376 e. The third-order valence-corrected chi connectivity index (χ3v) is 6.30. The fraction of sp³-hybridized carbons (Fsp3) is 0.913. The van der Waals surface area contributed by atoms with Crippen molar-refractivity contribution in [1.29, 1.82) is 0 Å². The first-order valence-electron chi connectivity index (χ1n) is 11.3. The van der Waals surface area contributed by atoms with Gasteiger partial charge < -0.3 is 9.64 Å². The summed E-state index contributed by atoms with van der Waals surface area (Å²) in [5, 5.41) is 0. The molecule has 1 saturated carbocycles. The highest BCUT2D eigenvalue weighted by Crippen LogP contribution is 2.33. The maximum absolute atomic E-state index is 6.37. The van der Waals surface area contributed by atoms with E-state index in [1.54, 1.807) is 11.9 Å². The standard InChI is InChI=1S/C19H36N2OS.2C2H6/c1-13(2)16-7-9-17(10-8-16)22-12-19-18(20-23-6)11-15(5)21(19)14(3)4;2*1-2/h13,15-20H,3,7-12H2,1-2,4-6H3;2*1-2H3. The minimum atomic E-state index is 0.415. The first kappa shape index (κ1) is 26.8. The first-order chi connectivity index (χ1) is 12.9. The van der Waals surface area contributed by atoms with Crippen LogP contribution >= 0.6 is 11.9 Å². The van der Waals surface area contributed by atoms with Crippen LogP contribution in [-0.4, -0.2) is 42.0 Å². The number of nitrogens with zero attached hydrogens (tertiary/aromatic N) is 1.